The first-order valence-electron chi connectivity index (χ1n) is 8.47. The van der Waals surface area contributed by atoms with Crippen LogP contribution in [0.25, 0.3) is 0 Å². The standard InChI is InChI=1S/C18H34O3/c1-14(2)17-8-7-16(5)13-18(17)21-10-6-9-19-11-12-20-15(3)4/h15-18H,1,6-13H2,2-5H3. The van der Waals surface area contributed by atoms with Crippen LogP contribution in [0.15, 0.2) is 12.2 Å². The summed E-state index contributed by atoms with van der Waals surface area (Å²) in [5, 5.41) is 0. The highest BCUT2D eigenvalue weighted by Gasteiger charge is 2.29. The predicted octanol–water partition coefficient (Wildman–Crippen LogP) is 4.22. The Kier molecular flexibility index (Phi) is 9.21. The molecule has 3 heteroatoms. The lowest BCUT2D eigenvalue weighted by molar-refractivity contribution is -0.0264. The third kappa shape index (κ3) is 7.98. The summed E-state index contributed by atoms with van der Waals surface area (Å²) in [5.41, 5.74) is 1.27. The molecular weight excluding hydrogens is 264 g/mol. The van der Waals surface area contributed by atoms with E-state index in [1.54, 1.807) is 0 Å². The molecule has 124 valence electrons. The first-order valence-corrected chi connectivity index (χ1v) is 8.47. The van der Waals surface area contributed by atoms with Gasteiger partial charge in [-0.1, -0.05) is 19.1 Å². The number of hydrogen-bond donors (Lipinski definition) is 0. The van der Waals surface area contributed by atoms with Crippen LogP contribution >= 0.6 is 0 Å². The molecule has 3 atom stereocenters. The van der Waals surface area contributed by atoms with Gasteiger partial charge in [-0.05, 0) is 52.4 Å². The van der Waals surface area contributed by atoms with Gasteiger partial charge in [0, 0.05) is 19.1 Å². The van der Waals surface area contributed by atoms with Crippen molar-refractivity contribution in [2.75, 3.05) is 26.4 Å². The van der Waals surface area contributed by atoms with Crippen LogP contribution in [0.5, 0.6) is 0 Å². The smallest absolute Gasteiger partial charge is 0.0703 e. The van der Waals surface area contributed by atoms with E-state index in [9.17, 15) is 0 Å². The van der Waals surface area contributed by atoms with Gasteiger partial charge in [-0.2, -0.15) is 0 Å². The first-order chi connectivity index (χ1) is 10.0. The minimum atomic E-state index is 0.282. The van der Waals surface area contributed by atoms with Gasteiger partial charge in [0.15, 0.2) is 0 Å². The second kappa shape index (κ2) is 10.4. The Morgan fingerprint density at radius 2 is 1.90 bits per heavy atom. The van der Waals surface area contributed by atoms with Crippen LogP contribution in [0.2, 0.25) is 0 Å². The summed E-state index contributed by atoms with van der Waals surface area (Å²) < 4.78 is 17.1. The van der Waals surface area contributed by atoms with Crippen molar-refractivity contribution in [3.63, 3.8) is 0 Å². The fourth-order valence-corrected chi connectivity index (χ4v) is 2.92. The zero-order chi connectivity index (χ0) is 15.7. The summed E-state index contributed by atoms with van der Waals surface area (Å²) in [5.74, 6) is 1.32. The average molecular weight is 298 g/mol. The molecule has 0 N–H and O–H groups in total. The molecule has 0 radical (unpaired) electrons. The molecule has 0 heterocycles. The van der Waals surface area contributed by atoms with Crippen LogP contribution in [0.3, 0.4) is 0 Å². The summed E-state index contributed by atoms with van der Waals surface area (Å²) in [7, 11) is 0. The van der Waals surface area contributed by atoms with E-state index in [-0.39, 0.29) is 6.10 Å². The molecule has 1 aliphatic rings. The molecule has 0 aromatic heterocycles. The van der Waals surface area contributed by atoms with Gasteiger partial charge < -0.3 is 14.2 Å². The molecule has 3 unspecified atom stereocenters. The molecule has 1 saturated carbocycles. The summed E-state index contributed by atoms with van der Waals surface area (Å²) in [6.07, 6.45) is 5.29. The number of ether oxygens (including phenoxy) is 3. The summed E-state index contributed by atoms with van der Waals surface area (Å²) in [4.78, 5) is 0. The second-order valence-electron chi connectivity index (χ2n) is 6.67. The molecule has 1 fully saturated rings. The minimum absolute atomic E-state index is 0.282. The van der Waals surface area contributed by atoms with Crippen LogP contribution in [0.1, 0.15) is 53.4 Å². The quantitative estimate of drug-likeness (QED) is 0.446. The van der Waals surface area contributed by atoms with E-state index in [1.165, 1.54) is 24.8 Å². The molecule has 1 aliphatic carbocycles. The molecular formula is C18H34O3. The molecule has 1 rings (SSSR count). The van der Waals surface area contributed by atoms with E-state index in [1.807, 2.05) is 13.8 Å². The van der Waals surface area contributed by atoms with Gasteiger partial charge in [0.05, 0.1) is 25.4 Å². The van der Waals surface area contributed by atoms with E-state index in [0.717, 1.165) is 25.6 Å². The third-order valence-corrected chi connectivity index (χ3v) is 4.13. The molecule has 0 bridgehead atoms. The maximum Gasteiger partial charge on any atom is 0.0703 e. The summed E-state index contributed by atoms with van der Waals surface area (Å²) in [6, 6.07) is 0. The Morgan fingerprint density at radius 1 is 1.14 bits per heavy atom. The maximum absolute atomic E-state index is 6.10. The van der Waals surface area contributed by atoms with E-state index >= 15 is 0 Å². The molecule has 3 nitrogen and oxygen atoms in total. The number of hydrogen-bond acceptors (Lipinski definition) is 3. The van der Waals surface area contributed by atoms with E-state index < -0.39 is 0 Å². The van der Waals surface area contributed by atoms with Crippen LogP contribution in [-0.4, -0.2) is 38.6 Å². The van der Waals surface area contributed by atoms with Crippen LogP contribution in [0, 0.1) is 11.8 Å². The highest BCUT2D eigenvalue weighted by atomic mass is 16.5. The van der Waals surface area contributed by atoms with Crippen LogP contribution in [-0.2, 0) is 14.2 Å². The van der Waals surface area contributed by atoms with E-state index in [4.69, 9.17) is 14.2 Å². The molecule has 0 aromatic rings. The van der Waals surface area contributed by atoms with Crippen molar-refractivity contribution in [3.8, 4) is 0 Å². The minimum Gasteiger partial charge on any atom is -0.379 e. The van der Waals surface area contributed by atoms with Gasteiger partial charge in [-0.15, -0.1) is 0 Å². The van der Waals surface area contributed by atoms with Crippen molar-refractivity contribution in [1.82, 2.24) is 0 Å². The van der Waals surface area contributed by atoms with Crippen LogP contribution < -0.4 is 0 Å². The van der Waals surface area contributed by atoms with E-state index in [0.29, 0.717) is 25.2 Å². The zero-order valence-corrected chi connectivity index (χ0v) is 14.4. The largest absolute Gasteiger partial charge is 0.379 e. The lowest BCUT2D eigenvalue weighted by Crippen LogP contribution is -2.32. The lowest BCUT2D eigenvalue weighted by atomic mass is 9.78. The van der Waals surface area contributed by atoms with Crippen molar-refractivity contribution >= 4 is 0 Å². The topological polar surface area (TPSA) is 27.7 Å². The zero-order valence-electron chi connectivity index (χ0n) is 14.4. The maximum atomic E-state index is 6.10. The fraction of sp³-hybridized carbons (Fsp3) is 0.889. The van der Waals surface area contributed by atoms with Gasteiger partial charge >= 0.3 is 0 Å². The average Bonchev–Trinajstić information content (AvgIpc) is 2.41. The van der Waals surface area contributed by atoms with Crippen molar-refractivity contribution in [2.24, 2.45) is 11.8 Å². The first kappa shape index (κ1) is 18.7. The molecule has 0 aromatic carbocycles. The molecule has 0 spiro atoms. The SMILES string of the molecule is C=C(C)C1CCC(C)CC1OCCCOCCOC(C)C. The normalized spacial score (nSPS) is 26.2. The van der Waals surface area contributed by atoms with Crippen molar-refractivity contribution in [2.45, 2.75) is 65.6 Å². The Hall–Kier alpha value is -0.380. The Labute approximate surface area is 131 Å². The Balaban J connectivity index is 2.08. The highest BCUT2D eigenvalue weighted by Crippen LogP contribution is 2.34. The highest BCUT2D eigenvalue weighted by molar-refractivity contribution is 5.02. The van der Waals surface area contributed by atoms with Crippen LogP contribution in [0.4, 0.5) is 0 Å². The predicted molar refractivity (Wildman–Crippen MR) is 87.6 cm³/mol. The van der Waals surface area contributed by atoms with Gasteiger partial charge in [0.2, 0.25) is 0 Å². The molecule has 0 amide bonds. The Morgan fingerprint density at radius 3 is 2.57 bits per heavy atom. The lowest BCUT2D eigenvalue weighted by Gasteiger charge is -2.35. The van der Waals surface area contributed by atoms with Crippen molar-refractivity contribution in [3.05, 3.63) is 12.2 Å². The second-order valence-corrected chi connectivity index (χ2v) is 6.67. The van der Waals surface area contributed by atoms with Gasteiger partial charge in [-0.25, -0.2) is 0 Å². The van der Waals surface area contributed by atoms with Gasteiger partial charge in [0.1, 0.15) is 0 Å². The van der Waals surface area contributed by atoms with Gasteiger partial charge in [-0.3, -0.25) is 0 Å². The monoisotopic (exact) mass is 298 g/mol. The Bertz CT molecular complexity index is 288. The summed E-state index contributed by atoms with van der Waals surface area (Å²) in [6.45, 7) is 15.5. The van der Waals surface area contributed by atoms with Crippen molar-refractivity contribution < 1.29 is 14.2 Å². The van der Waals surface area contributed by atoms with Crippen molar-refractivity contribution in [1.29, 1.82) is 0 Å². The fourth-order valence-electron chi connectivity index (χ4n) is 2.92. The molecule has 21 heavy (non-hydrogen) atoms. The molecule has 0 aliphatic heterocycles. The summed E-state index contributed by atoms with van der Waals surface area (Å²) >= 11 is 0. The van der Waals surface area contributed by atoms with E-state index in [2.05, 4.69) is 20.4 Å². The van der Waals surface area contributed by atoms with Gasteiger partial charge in [0.25, 0.3) is 0 Å². The number of rotatable bonds is 10. The molecule has 0 saturated heterocycles. The third-order valence-electron chi connectivity index (χ3n) is 4.13.